The highest BCUT2D eigenvalue weighted by atomic mass is 35.5. The summed E-state index contributed by atoms with van der Waals surface area (Å²) in [5, 5.41) is 12.1. The van der Waals surface area contributed by atoms with Crippen LogP contribution in [0.5, 0.6) is 0 Å². The highest BCUT2D eigenvalue weighted by Gasteiger charge is 2.37. The molecule has 1 aliphatic carbocycles. The Kier molecular flexibility index (Phi) is 4.72. The molecule has 1 saturated heterocycles. The molecule has 2 fully saturated rings. The van der Waals surface area contributed by atoms with Crippen LogP contribution >= 0.6 is 11.6 Å². The van der Waals surface area contributed by atoms with E-state index in [-0.39, 0.29) is 12.1 Å². The Morgan fingerprint density at radius 1 is 1.29 bits per heavy atom. The van der Waals surface area contributed by atoms with Crippen molar-refractivity contribution in [3.05, 3.63) is 41.0 Å². The predicted octanol–water partition coefficient (Wildman–Crippen LogP) is 3.25. The number of halogens is 1. The molecule has 0 amide bonds. The second-order valence-corrected chi connectivity index (χ2v) is 7.29. The largest absolute Gasteiger partial charge is 0.393 e. The van der Waals surface area contributed by atoms with E-state index in [0.717, 1.165) is 54.9 Å². The zero-order chi connectivity index (χ0) is 16.5. The molecular formula is C19H23ClN2O2. The second kappa shape index (κ2) is 6.96. The number of hydrogen-bond donors (Lipinski definition) is 1. The number of aliphatic hydroxyl groups excluding tert-OH is 1. The van der Waals surface area contributed by atoms with Crippen LogP contribution in [0.2, 0.25) is 5.02 Å². The lowest BCUT2D eigenvalue weighted by atomic mass is 9.93. The smallest absolute Gasteiger partial charge is 0.0761 e. The third-order valence-corrected chi connectivity index (χ3v) is 5.81. The maximum Gasteiger partial charge on any atom is 0.0761 e. The van der Waals surface area contributed by atoms with Gasteiger partial charge in [0.05, 0.1) is 24.8 Å². The van der Waals surface area contributed by atoms with Crippen LogP contribution < -0.4 is 0 Å². The van der Waals surface area contributed by atoms with Crippen LogP contribution in [0.15, 0.2) is 30.5 Å². The highest BCUT2D eigenvalue weighted by molar-refractivity contribution is 6.35. The second-order valence-electron chi connectivity index (χ2n) is 6.88. The van der Waals surface area contributed by atoms with Gasteiger partial charge in [-0.05, 0) is 36.6 Å². The van der Waals surface area contributed by atoms with Gasteiger partial charge in [0.25, 0.3) is 0 Å². The van der Waals surface area contributed by atoms with E-state index in [4.69, 9.17) is 16.3 Å². The van der Waals surface area contributed by atoms with Crippen molar-refractivity contribution < 1.29 is 9.84 Å². The molecular weight excluding hydrogens is 324 g/mol. The van der Waals surface area contributed by atoms with E-state index >= 15 is 0 Å². The van der Waals surface area contributed by atoms with Crippen LogP contribution in [0, 0.1) is 5.92 Å². The Hall–Kier alpha value is -1.20. The van der Waals surface area contributed by atoms with E-state index in [1.54, 1.807) is 0 Å². The number of nitrogens with zero attached hydrogens (tertiary/aromatic N) is 2. The fraction of sp³-hybridized carbons (Fsp3) is 0.526. The lowest BCUT2D eigenvalue weighted by Crippen LogP contribution is -2.50. The molecule has 4 rings (SSSR count). The lowest BCUT2D eigenvalue weighted by molar-refractivity contribution is -0.0535. The Morgan fingerprint density at radius 2 is 2.21 bits per heavy atom. The number of aliphatic hydroxyl groups is 1. The van der Waals surface area contributed by atoms with Crippen molar-refractivity contribution in [2.24, 2.45) is 5.92 Å². The summed E-state index contributed by atoms with van der Waals surface area (Å²) in [4.78, 5) is 7.01. The SMILES string of the molecule is O[C@@H]1CCC[C@@H]1[C@@H]1COCCN1Cc1ccc(Cl)c2cccnc12. The molecule has 1 aromatic heterocycles. The molecule has 0 spiro atoms. The topological polar surface area (TPSA) is 45.6 Å². The molecule has 1 N–H and O–H groups in total. The predicted molar refractivity (Wildman–Crippen MR) is 95.1 cm³/mol. The molecule has 0 radical (unpaired) electrons. The number of hydrogen-bond acceptors (Lipinski definition) is 4. The van der Waals surface area contributed by atoms with E-state index in [1.807, 2.05) is 24.4 Å². The van der Waals surface area contributed by atoms with Gasteiger partial charge in [-0.2, -0.15) is 0 Å². The molecule has 2 heterocycles. The number of ether oxygens (including phenoxy) is 1. The van der Waals surface area contributed by atoms with Crippen LogP contribution in [-0.2, 0) is 11.3 Å². The van der Waals surface area contributed by atoms with Crippen molar-refractivity contribution in [2.45, 2.75) is 38.0 Å². The molecule has 2 aromatic rings. The summed E-state index contributed by atoms with van der Waals surface area (Å²) in [6, 6.07) is 8.26. The van der Waals surface area contributed by atoms with Crippen molar-refractivity contribution in [3.63, 3.8) is 0 Å². The Bertz CT molecular complexity index is 724. The first-order valence-electron chi connectivity index (χ1n) is 8.76. The lowest BCUT2D eigenvalue weighted by Gasteiger charge is -2.40. The van der Waals surface area contributed by atoms with E-state index in [1.165, 1.54) is 5.56 Å². The number of morpholine rings is 1. The Labute approximate surface area is 147 Å². The minimum atomic E-state index is -0.195. The average Bonchev–Trinajstić information content (AvgIpc) is 3.04. The Balaban J connectivity index is 1.62. The van der Waals surface area contributed by atoms with Gasteiger partial charge in [0.1, 0.15) is 0 Å². The van der Waals surface area contributed by atoms with Crippen molar-refractivity contribution in [3.8, 4) is 0 Å². The van der Waals surface area contributed by atoms with Gasteiger partial charge in [-0.1, -0.05) is 24.1 Å². The van der Waals surface area contributed by atoms with Crippen molar-refractivity contribution in [1.29, 1.82) is 0 Å². The highest BCUT2D eigenvalue weighted by Crippen LogP contribution is 2.33. The van der Waals surface area contributed by atoms with Crippen LogP contribution in [0.1, 0.15) is 24.8 Å². The first-order chi connectivity index (χ1) is 11.7. The summed E-state index contributed by atoms with van der Waals surface area (Å²) in [5.74, 6) is 0.317. The first-order valence-corrected chi connectivity index (χ1v) is 9.14. The molecule has 24 heavy (non-hydrogen) atoms. The zero-order valence-electron chi connectivity index (χ0n) is 13.7. The van der Waals surface area contributed by atoms with E-state index in [2.05, 4.69) is 16.0 Å². The number of aromatic nitrogens is 1. The summed E-state index contributed by atoms with van der Waals surface area (Å²) in [6.45, 7) is 3.17. The van der Waals surface area contributed by atoms with Crippen LogP contribution in [0.25, 0.3) is 10.9 Å². The maximum atomic E-state index is 10.3. The molecule has 1 aromatic carbocycles. The van der Waals surface area contributed by atoms with Gasteiger partial charge in [0.15, 0.2) is 0 Å². The molecule has 4 nitrogen and oxygen atoms in total. The summed E-state index contributed by atoms with van der Waals surface area (Å²) >= 11 is 6.32. The van der Waals surface area contributed by atoms with E-state index < -0.39 is 0 Å². The monoisotopic (exact) mass is 346 g/mol. The minimum Gasteiger partial charge on any atom is -0.393 e. The number of pyridine rings is 1. The number of benzene rings is 1. The third kappa shape index (κ3) is 3.04. The summed E-state index contributed by atoms with van der Waals surface area (Å²) in [5.41, 5.74) is 2.16. The molecule has 5 heteroatoms. The van der Waals surface area contributed by atoms with Gasteiger partial charge in [-0.25, -0.2) is 0 Å². The summed E-state index contributed by atoms with van der Waals surface area (Å²) in [6.07, 6.45) is 4.74. The summed E-state index contributed by atoms with van der Waals surface area (Å²) < 4.78 is 5.73. The van der Waals surface area contributed by atoms with Crippen LogP contribution in [0.3, 0.4) is 0 Å². The van der Waals surface area contributed by atoms with Crippen molar-refractivity contribution in [1.82, 2.24) is 9.88 Å². The average molecular weight is 347 g/mol. The fourth-order valence-electron chi connectivity index (χ4n) is 4.21. The number of rotatable bonds is 3. The first kappa shape index (κ1) is 16.3. The van der Waals surface area contributed by atoms with E-state index in [9.17, 15) is 5.11 Å². The standard InChI is InChI=1S/C19H23ClN2O2/c20-16-7-6-13(19-14(16)4-2-8-21-19)11-22-9-10-24-12-17(22)15-3-1-5-18(15)23/h2,4,6-8,15,17-18,23H,1,3,5,9-12H2/t15-,17+,18-/m1/s1. The van der Waals surface area contributed by atoms with Crippen molar-refractivity contribution >= 4 is 22.5 Å². The van der Waals surface area contributed by atoms with Gasteiger partial charge in [0.2, 0.25) is 0 Å². The van der Waals surface area contributed by atoms with Gasteiger partial charge < -0.3 is 9.84 Å². The minimum absolute atomic E-state index is 0.195. The van der Waals surface area contributed by atoms with Crippen LogP contribution in [0.4, 0.5) is 0 Å². The van der Waals surface area contributed by atoms with E-state index in [0.29, 0.717) is 12.5 Å². The quantitative estimate of drug-likeness (QED) is 0.926. The van der Waals surface area contributed by atoms with Gasteiger partial charge in [-0.3, -0.25) is 9.88 Å². The van der Waals surface area contributed by atoms with Gasteiger partial charge in [-0.15, -0.1) is 0 Å². The molecule has 0 bridgehead atoms. The molecule has 2 aliphatic rings. The third-order valence-electron chi connectivity index (χ3n) is 5.48. The molecule has 0 unspecified atom stereocenters. The molecule has 1 saturated carbocycles. The van der Waals surface area contributed by atoms with Crippen molar-refractivity contribution in [2.75, 3.05) is 19.8 Å². The summed E-state index contributed by atoms with van der Waals surface area (Å²) in [7, 11) is 0. The number of fused-ring (bicyclic) bond motifs is 1. The molecule has 3 atom stereocenters. The molecule has 1 aliphatic heterocycles. The Morgan fingerprint density at radius 3 is 3.04 bits per heavy atom. The maximum absolute atomic E-state index is 10.3. The normalized spacial score (nSPS) is 28.5. The van der Waals surface area contributed by atoms with Gasteiger partial charge >= 0.3 is 0 Å². The van der Waals surface area contributed by atoms with Crippen LogP contribution in [-0.4, -0.2) is 46.9 Å². The fourth-order valence-corrected chi connectivity index (χ4v) is 4.42. The van der Waals surface area contributed by atoms with Gasteiger partial charge in [0, 0.05) is 41.7 Å². The molecule has 128 valence electrons. The zero-order valence-corrected chi connectivity index (χ0v) is 14.5.